The Hall–Kier alpha value is -2.41. The number of aromatic nitrogens is 2. The minimum atomic E-state index is -0.381. The second kappa shape index (κ2) is 6.72. The van der Waals surface area contributed by atoms with Crippen molar-refractivity contribution in [2.75, 3.05) is 6.54 Å². The van der Waals surface area contributed by atoms with Crippen LogP contribution in [0.3, 0.4) is 0 Å². The molecule has 1 aromatic heterocycles. The predicted molar refractivity (Wildman–Crippen MR) is 103 cm³/mol. The summed E-state index contributed by atoms with van der Waals surface area (Å²) in [6.07, 6.45) is 0.926. The molecule has 1 aliphatic rings. The number of nitrogens with zero attached hydrogens (tertiary/aromatic N) is 1. The third-order valence-corrected chi connectivity index (χ3v) is 5.34. The largest absolute Gasteiger partial charge is 0.494 e. The lowest BCUT2D eigenvalue weighted by molar-refractivity contribution is -0.690. The molecule has 0 saturated carbocycles. The molecule has 0 aliphatic carbocycles. The van der Waals surface area contributed by atoms with E-state index in [1.54, 1.807) is 24.3 Å². The van der Waals surface area contributed by atoms with E-state index in [1.165, 1.54) is 10.1 Å². The topological polar surface area (TPSA) is 74.6 Å². The van der Waals surface area contributed by atoms with Crippen molar-refractivity contribution in [3.63, 3.8) is 0 Å². The minimum absolute atomic E-state index is 0.105. The lowest BCUT2D eigenvalue weighted by atomic mass is 9.90. The summed E-state index contributed by atoms with van der Waals surface area (Å²) in [7, 11) is 0. The monoisotopic (exact) mass is 386 g/mol. The molecule has 132 valence electrons. The fraction of sp³-hybridized carbons (Fsp3) is 0.158. The Labute approximate surface area is 159 Å². The highest BCUT2D eigenvalue weighted by atomic mass is 35.5. The highest BCUT2D eigenvalue weighted by Crippen LogP contribution is 2.31. The fourth-order valence-corrected chi connectivity index (χ4v) is 4.04. The second-order valence-electron chi connectivity index (χ2n) is 6.23. The first-order valence-corrected chi connectivity index (χ1v) is 9.11. The van der Waals surface area contributed by atoms with Gasteiger partial charge in [0.1, 0.15) is 11.6 Å². The molecular weight excluding hydrogens is 370 g/mol. The molecule has 0 bridgehead atoms. The van der Waals surface area contributed by atoms with Crippen LogP contribution in [-0.4, -0.2) is 21.2 Å². The van der Waals surface area contributed by atoms with Crippen molar-refractivity contribution in [2.45, 2.75) is 12.5 Å². The lowest BCUT2D eigenvalue weighted by Gasteiger charge is -2.25. The molecule has 3 aromatic rings. The number of H-pyrrole nitrogens is 1. The number of fused-ring (bicyclic) bond motifs is 1. The van der Waals surface area contributed by atoms with Crippen LogP contribution in [0.4, 0.5) is 0 Å². The number of halogens is 1. The molecule has 0 unspecified atom stereocenters. The minimum Gasteiger partial charge on any atom is -0.494 e. The summed E-state index contributed by atoms with van der Waals surface area (Å²) in [5, 5.41) is 13.5. The summed E-state index contributed by atoms with van der Waals surface area (Å²) in [4.78, 5) is 15.4. The number of hydrogen-bond donors (Lipinski definition) is 3. The molecule has 0 radical (unpaired) electrons. The Morgan fingerprint density at radius 2 is 1.92 bits per heavy atom. The molecule has 0 fully saturated rings. The van der Waals surface area contributed by atoms with Gasteiger partial charge in [0.15, 0.2) is 4.77 Å². The number of quaternary nitrogens is 1. The van der Waals surface area contributed by atoms with Crippen LogP contribution in [0.25, 0.3) is 5.69 Å². The summed E-state index contributed by atoms with van der Waals surface area (Å²) in [6.45, 7) is 0.836. The maximum atomic E-state index is 12.7. The normalized spacial score (nSPS) is 16.3. The Morgan fingerprint density at radius 3 is 2.73 bits per heavy atom. The summed E-state index contributed by atoms with van der Waals surface area (Å²) < 4.78 is 1.52. The van der Waals surface area contributed by atoms with Crippen LogP contribution in [0.2, 0.25) is 5.02 Å². The van der Waals surface area contributed by atoms with Crippen molar-refractivity contribution in [1.82, 2.24) is 9.55 Å². The molecular formula is C19H17ClN3O2S+. The van der Waals surface area contributed by atoms with Crippen molar-refractivity contribution in [3.8, 4) is 11.6 Å². The van der Waals surface area contributed by atoms with Crippen LogP contribution in [-0.2, 0) is 6.42 Å². The Kier molecular flexibility index (Phi) is 4.40. The van der Waals surface area contributed by atoms with E-state index in [1.807, 2.05) is 18.2 Å². The summed E-state index contributed by atoms with van der Waals surface area (Å²) >= 11 is 11.6. The van der Waals surface area contributed by atoms with E-state index in [0.717, 1.165) is 18.5 Å². The average molecular weight is 387 g/mol. The van der Waals surface area contributed by atoms with Crippen molar-refractivity contribution in [2.24, 2.45) is 0 Å². The molecule has 1 aliphatic heterocycles. The smallest absolute Gasteiger partial charge is 0.265 e. The van der Waals surface area contributed by atoms with Gasteiger partial charge in [-0.1, -0.05) is 48.0 Å². The van der Waals surface area contributed by atoms with E-state index in [0.29, 0.717) is 10.7 Å². The summed E-state index contributed by atoms with van der Waals surface area (Å²) in [5.41, 5.74) is 2.64. The van der Waals surface area contributed by atoms with Gasteiger partial charge < -0.3 is 10.4 Å². The summed E-state index contributed by atoms with van der Waals surface area (Å²) in [5.74, 6) is -0.176. The quantitative estimate of drug-likeness (QED) is 0.592. The van der Waals surface area contributed by atoms with Crippen molar-refractivity contribution < 1.29 is 10.4 Å². The van der Waals surface area contributed by atoms with E-state index in [4.69, 9.17) is 23.8 Å². The molecule has 0 saturated heterocycles. The first kappa shape index (κ1) is 17.0. The first-order chi connectivity index (χ1) is 12.6. The highest BCUT2D eigenvalue weighted by molar-refractivity contribution is 7.71. The highest BCUT2D eigenvalue weighted by Gasteiger charge is 2.31. The SMILES string of the molecule is O=c1[nH]c(=S)n(-c2ccccc2Cl)c(O)c1[C@H]1[NH2+]CCc2ccccc21. The van der Waals surface area contributed by atoms with E-state index < -0.39 is 0 Å². The molecule has 2 heterocycles. The van der Waals surface area contributed by atoms with Gasteiger partial charge in [-0.15, -0.1) is 0 Å². The maximum Gasteiger partial charge on any atom is 0.265 e. The molecule has 4 rings (SSSR count). The molecule has 5 nitrogen and oxygen atoms in total. The van der Waals surface area contributed by atoms with Gasteiger partial charge in [-0.05, 0) is 29.9 Å². The van der Waals surface area contributed by atoms with Crippen molar-refractivity contribution in [1.29, 1.82) is 0 Å². The predicted octanol–water partition coefficient (Wildman–Crippen LogP) is 2.46. The number of nitrogens with two attached hydrogens (primary N) is 1. The van der Waals surface area contributed by atoms with Crippen molar-refractivity contribution in [3.05, 3.63) is 85.4 Å². The van der Waals surface area contributed by atoms with Gasteiger partial charge in [0.25, 0.3) is 5.56 Å². The Balaban J connectivity index is 1.98. The molecule has 26 heavy (non-hydrogen) atoms. The molecule has 2 aromatic carbocycles. The van der Waals surface area contributed by atoms with E-state index in [9.17, 15) is 9.90 Å². The van der Waals surface area contributed by atoms with Gasteiger partial charge in [0, 0.05) is 12.0 Å². The van der Waals surface area contributed by atoms with Crippen LogP contribution in [0.15, 0.2) is 53.3 Å². The van der Waals surface area contributed by atoms with Gasteiger partial charge in [0.05, 0.1) is 17.3 Å². The van der Waals surface area contributed by atoms with Crippen LogP contribution < -0.4 is 10.9 Å². The van der Waals surface area contributed by atoms with Gasteiger partial charge >= 0.3 is 0 Å². The van der Waals surface area contributed by atoms with Crippen molar-refractivity contribution >= 4 is 23.8 Å². The number of para-hydroxylation sites is 1. The molecule has 0 amide bonds. The summed E-state index contributed by atoms with van der Waals surface area (Å²) in [6, 6.07) is 14.7. The second-order valence-corrected chi connectivity index (χ2v) is 7.03. The Morgan fingerprint density at radius 1 is 1.19 bits per heavy atom. The zero-order valence-electron chi connectivity index (χ0n) is 13.8. The van der Waals surface area contributed by atoms with E-state index in [2.05, 4.69) is 16.4 Å². The zero-order valence-corrected chi connectivity index (χ0v) is 15.3. The number of hydrogen-bond acceptors (Lipinski definition) is 3. The Bertz CT molecular complexity index is 1110. The van der Waals surface area contributed by atoms with Gasteiger partial charge in [-0.2, -0.15) is 0 Å². The number of aromatic hydroxyl groups is 1. The van der Waals surface area contributed by atoms with Crippen LogP contribution in [0.5, 0.6) is 5.88 Å². The number of nitrogens with one attached hydrogen (secondary N) is 1. The number of aromatic amines is 1. The van der Waals surface area contributed by atoms with Crippen LogP contribution in [0, 0.1) is 4.77 Å². The first-order valence-electron chi connectivity index (χ1n) is 8.32. The third-order valence-electron chi connectivity index (χ3n) is 4.73. The van der Waals surface area contributed by atoms with E-state index >= 15 is 0 Å². The average Bonchev–Trinajstić information content (AvgIpc) is 2.63. The number of rotatable bonds is 2. The maximum absolute atomic E-state index is 12.7. The lowest BCUT2D eigenvalue weighted by Crippen LogP contribution is -2.87. The standard InChI is InChI=1S/C19H16ClN3O2S/c20-13-7-3-4-8-14(13)23-18(25)15(17(24)22-19(23)26)16-12-6-2-1-5-11(12)9-10-21-16/h1-8,16,21,25H,9-10H2,(H,22,24,26)/p+1/t16-/m0/s1. The van der Waals surface area contributed by atoms with Gasteiger partial charge in [-0.25, -0.2) is 0 Å². The van der Waals surface area contributed by atoms with Crippen LogP contribution in [0.1, 0.15) is 22.7 Å². The molecule has 0 spiro atoms. The van der Waals surface area contributed by atoms with Crippen LogP contribution >= 0.6 is 23.8 Å². The fourth-order valence-electron chi connectivity index (χ4n) is 3.55. The van der Waals surface area contributed by atoms with Gasteiger partial charge in [0.2, 0.25) is 5.88 Å². The third kappa shape index (κ3) is 2.76. The molecule has 7 heteroatoms. The molecule has 1 atom stereocenters. The van der Waals surface area contributed by atoms with E-state index in [-0.39, 0.29) is 27.8 Å². The zero-order chi connectivity index (χ0) is 18.3. The van der Waals surface area contributed by atoms with Gasteiger partial charge in [-0.3, -0.25) is 14.3 Å². The number of benzene rings is 2. The molecule has 4 N–H and O–H groups in total.